The monoisotopic (exact) mass is 282 g/mol. The standard InChI is InChI=1S/C18H22N2O/c1-3-20(4-2)18(21)17(16-8-6-5-7-9-16)14-15-10-12-19-13-11-15/h5-13,17H,3-4,14H2,1-2H3. The summed E-state index contributed by atoms with van der Waals surface area (Å²) in [5.41, 5.74) is 2.21. The van der Waals surface area contributed by atoms with E-state index in [1.54, 1.807) is 12.4 Å². The lowest BCUT2D eigenvalue weighted by Gasteiger charge is -2.25. The molecule has 0 spiro atoms. The zero-order valence-corrected chi connectivity index (χ0v) is 12.7. The summed E-state index contributed by atoms with van der Waals surface area (Å²) < 4.78 is 0. The highest BCUT2D eigenvalue weighted by Crippen LogP contribution is 2.23. The first-order chi connectivity index (χ1) is 10.3. The van der Waals surface area contributed by atoms with Gasteiger partial charge in [0.05, 0.1) is 5.92 Å². The van der Waals surface area contributed by atoms with Crippen LogP contribution in [0.15, 0.2) is 54.9 Å². The fourth-order valence-corrected chi connectivity index (χ4v) is 2.54. The highest BCUT2D eigenvalue weighted by Gasteiger charge is 2.24. The smallest absolute Gasteiger partial charge is 0.230 e. The van der Waals surface area contributed by atoms with Gasteiger partial charge in [-0.25, -0.2) is 0 Å². The summed E-state index contributed by atoms with van der Waals surface area (Å²) in [6.45, 7) is 5.54. The zero-order chi connectivity index (χ0) is 15.1. The first kappa shape index (κ1) is 15.2. The minimum atomic E-state index is -0.131. The van der Waals surface area contributed by atoms with Gasteiger partial charge >= 0.3 is 0 Å². The first-order valence-corrected chi connectivity index (χ1v) is 7.48. The van der Waals surface area contributed by atoms with Gasteiger partial charge in [0.15, 0.2) is 0 Å². The van der Waals surface area contributed by atoms with Crippen LogP contribution in [-0.2, 0) is 11.2 Å². The molecule has 3 heteroatoms. The number of hydrogen-bond donors (Lipinski definition) is 0. The van der Waals surface area contributed by atoms with Crippen LogP contribution in [-0.4, -0.2) is 28.9 Å². The summed E-state index contributed by atoms with van der Waals surface area (Å²) in [6.07, 6.45) is 4.26. The number of aromatic nitrogens is 1. The van der Waals surface area contributed by atoms with Crippen LogP contribution in [0, 0.1) is 0 Å². The molecule has 110 valence electrons. The molecule has 0 saturated heterocycles. The zero-order valence-electron chi connectivity index (χ0n) is 12.7. The lowest BCUT2D eigenvalue weighted by molar-refractivity contribution is -0.132. The van der Waals surface area contributed by atoms with Crippen LogP contribution in [0.2, 0.25) is 0 Å². The third kappa shape index (κ3) is 3.91. The van der Waals surface area contributed by atoms with Gasteiger partial charge < -0.3 is 4.90 Å². The van der Waals surface area contributed by atoms with Gasteiger partial charge in [0, 0.05) is 25.5 Å². The van der Waals surface area contributed by atoms with Gasteiger partial charge in [0.2, 0.25) is 5.91 Å². The Morgan fingerprint density at radius 3 is 2.24 bits per heavy atom. The largest absolute Gasteiger partial charge is 0.343 e. The molecule has 21 heavy (non-hydrogen) atoms. The van der Waals surface area contributed by atoms with Crippen LogP contribution in [0.4, 0.5) is 0 Å². The third-order valence-corrected chi connectivity index (χ3v) is 3.76. The molecule has 0 aliphatic carbocycles. The van der Waals surface area contributed by atoms with E-state index < -0.39 is 0 Å². The molecule has 1 amide bonds. The van der Waals surface area contributed by atoms with E-state index >= 15 is 0 Å². The summed E-state index contributed by atoms with van der Waals surface area (Å²) in [5.74, 6) is 0.0662. The Balaban J connectivity index is 2.29. The maximum absolute atomic E-state index is 12.8. The van der Waals surface area contributed by atoms with Crippen molar-refractivity contribution < 1.29 is 4.79 Å². The minimum absolute atomic E-state index is 0.131. The molecule has 0 bridgehead atoms. The summed E-state index contributed by atoms with van der Waals surface area (Å²) in [7, 11) is 0. The molecular formula is C18H22N2O. The predicted octanol–water partition coefficient (Wildman–Crippen LogP) is 3.28. The Kier molecular flexibility index (Phi) is 5.50. The minimum Gasteiger partial charge on any atom is -0.343 e. The number of likely N-dealkylation sites (N-methyl/N-ethyl adjacent to an activating group) is 1. The highest BCUT2D eigenvalue weighted by molar-refractivity contribution is 5.84. The number of carbonyl (C=O) groups excluding carboxylic acids is 1. The van der Waals surface area contributed by atoms with Gasteiger partial charge in [0.1, 0.15) is 0 Å². The molecule has 1 aromatic carbocycles. The second-order valence-corrected chi connectivity index (χ2v) is 5.03. The Labute approximate surface area is 126 Å². The summed E-state index contributed by atoms with van der Waals surface area (Å²) in [6, 6.07) is 14.0. The Morgan fingerprint density at radius 1 is 1.05 bits per heavy atom. The predicted molar refractivity (Wildman–Crippen MR) is 85.1 cm³/mol. The second-order valence-electron chi connectivity index (χ2n) is 5.03. The van der Waals surface area contributed by atoms with Crippen LogP contribution >= 0.6 is 0 Å². The van der Waals surface area contributed by atoms with Crippen molar-refractivity contribution in [3.8, 4) is 0 Å². The van der Waals surface area contributed by atoms with Crippen molar-refractivity contribution in [1.29, 1.82) is 0 Å². The average molecular weight is 282 g/mol. The number of amides is 1. The van der Waals surface area contributed by atoms with Gasteiger partial charge in [-0.2, -0.15) is 0 Å². The molecule has 2 rings (SSSR count). The Morgan fingerprint density at radius 2 is 1.67 bits per heavy atom. The summed E-state index contributed by atoms with van der Waals surface area (Å²) in [5, 5.41) is 0. The van der Waals surface area contributed by atoms with Crippen molar-refractivity contribution in [3.63, 3.8) is 0 Å². The van der Waals surface area contributed by atoms with E-state index in [0.29, 0.717) is 6.42 Å². The molecule has 1 aromatic heterocycles. The van der Waals surface area contributed by atoms with Crippen LogP contribution < -0.4 is 0 Å². The summed E-state index contributed by atoms with van der Waals surface area (Å²) in [4.78, 5) is 18.8. The second kappa shape index (κ2) is 7.58. The summed E-state index contributed by atoms with van der Waals surface area (Å²) >= 11 is 0. The fraction of sp³-hybridized carbons (Fsp3) is 0.333. The van der Waals surface area contributed by atoms with E-state index in [2.05, 4.69) is 4.98 Å². The number of pyridine rings is 1. The first-order valence-electron chi connectivity index (χ1n) is 7.48. The van der Waals surface area contributed by atoms with Crippen molar-refractivity contribution in [2.24, 2.45) is 0 Å². The van der Waals surface area contributed by atoms with Crippen molar-refractivity contribution >= 4 is 5.91 Å². The van der Waals surface area contributed by atoms with Crippen molar-refractivity contribution in [2.45, 2.75) is 26.2 Å². The van der Waals surface area contributed by atoms with Crippen molar-refractivity contribution in [1.82, 2.24) is 9.88 Å². The molecule has 3 nitrogen and oxygen atoms in total. The maximum Gasteiger partial charge on any atom is 0.230 e. The van der Waals surface area contributed by atoms with Gasteiger partial charge in [-0.3, -0.25) is 9.78 Å². The number of carbonyl (C=O) groups is 1. The molecular weight excluding hydrogens is 260 g/mol. The number of benzene rings is 1. The SMILES string of the molecule is CCN(CC)C(=O)C(Cc1ccncc1)c1ccccc1. The molecule has 0 N–H and O–H groups in total. The van der Waals surface area contributed by atoms with E-state index in [-0.39, 0.29) is 11.8 Å². The van der Waals surface area contributed by atoms with Gasteiger partial charge in [-0.1, -0.05) is 30.3 Å². The Hall–Kier alpha value is -2.16. The van der Waals surface area contributed by atoms with Crippen LogP contribution in [0.1, 0.15) is 30.9 Å². The highest BCUT2D eigenvalue weighted by atomic mass is 16.2. The van der Waals surface area contributed by atoms with E-state index in [4.69, 9.17) is 0 Å². The lowest BCUT2D eigenvalue weighted by Crippen LogP contribution is -2.35. The van der Waals surface area contributed by atoms with Crippen molar-refractivity contribution in [3.05, 3.63) is 66.0 Å². The van der Waals surface area contributed by atoms with Crippen LogP contribution in [0.25, 0.3) is 0 Å². The normalized spacial score (nSPS) is 11.9. The molecule has 1 heterocycles. The van der Waals surface area contributed by atoms with Gasteiger partial charge in [0.25, 0.3) is 0 Å². The molecule has 1 unspecified atom stereocenters. The molecule has 0 fully saturated rings. The van der Waals surface area contributed by atoms with E-state index in [0.717, 1.165) is 24.2 Å². The number of hydrogen-bond acceptors (Lipinski definition) is 2. The molecule has 0 radical (unpaired) electrons. The number of nitrogens with zero attached hydrogens (tertiary/aromatic N) is 2. The lowest BCUT2D eigenvalue weighted by atomic mass is 9.91. The average Bonchev–Trinajstić information content (AvgIpc) is 2.55. The Bertz CT molecular complexity index is 550. The van der Waals surface area contributed by atoms with E-state index in [1.165, 1.54) is 0 Å². The molecule has 0 saturated carbocycles. The fourth-order valence-electron chi connectivity index (χ4n) is 2.54. The third-order valence-electron chi connectivity index (χ3n) is 3.76. The quantitative estimate of drug-likeness (QED) is 0.814. The molecule has 0 aliphatic rings. The maximum atomic E-state index is 12.8. The van der Waals surface area contributed by atoms with Crippen molar-refractivity contribution in [2.75, 3.05) is 13.1 Å². The van der Waals surface area contributed by atoms with E-state index in [1.807, 2.05) is 61.2 Å². The molecule has 1 atom stereocenters. The van der Waals surface area contributed by atoms with Crippen LogP contribution in [0.3, 0.4) is 0 Å². The van der Waals surface area contributed by atoms with Gasteiger partial charge in [-0.15, -0.1) is 0 Å². The topological polar surface area (TPSA) is 33.2 Å². The molecule has 0 aliphatic heterocycles. The van der Waals surface area contributed by atoms with E-state index in [9.17, 15) is 4.79 Å². The molecule has 2 aromatic rings. The van der Waals surface area contributed by atoms with Crippen LogP contribution in [0.5, 0.6) is 0 Å². The van der Waals surface area contributed by atoms with Gasteiger partial charge in [-0.05, 0) is 43.5 Å². The number of rotatable bonds is 6.